The van der Waals surface area contributed by atoms with Crippen molar-refractivity contribution < 1.29 is 29.0 Å². The second kappa shape index (κ2) is 8.03. The molecule has 0 aromatic carbocycles. The summed E-state index contributed by atoms with van der Waals surface area (Å²) in [5.41, 5.74) is -1.28. The molecule has 2 atom stereocenters. The number of nitrogens with zero attached hydrogens (tertiary/aromatic N) is 1. The monoisotopic (exact) mass is 358 g/mol. The standard InChI is InChI=1S/C17H30N2O6/c1-16(2,3)24-13(20)10-18-9-11-7-8-12(14(21)22)19(11)15(23)25-17(4,5)6/h11-12,18H,7-10H2,1-6H3,(H,21,22). The third-order valence-electron chi connectivity index (χ3n) is 3.46. The Bertz CT molecular complexity index is 506. The van der Waals surface area contributed by atoms with Gasteiger partial charge in [0, 0.05) is 12.6 Å². The van der Waals surface area contributed by atoms with E-state index < -0.39 is 35.3 Å². The van der Waals surface area contributed by atoms with Crippen molar-refractivity contribution in [1.82, 2.24) is 10.2 Å². The first-order chi connectivity index (χ1) is 11.3. The number of amides is 1. The highest BCUT2D eigenvalue weighted by Crippen LogP contribution is 2.26. The molecule has 1 aliphatic heterocycles. The van der Waals surface area contributed by atoms with Gasteiger partial charge in [-0.2, -0.15) is 0 Å². The van der Waals surface area contributed by atoms with E-state index in [-0.39, 0.29) is 12.6 Å². The van der Waals surface area contributed by atoms with E-state index >= 15 is 0 Å². The van der Waals surface area contributed by atoms with Crippen molar-refractivity contribution in [1.29, 1.82) is 0 Å². The summed E-state index contributed by atoms with van der Waals surface area (Å²) in [6.07, 6.45) is 0.228. The number of carbonyl (C=O) groups is 3. The Kier molecular flexibility index (Phi) is 6.82. The van der Waals surface area contributed by atoms with Crippen LogP contribution in [0.2, 0.25) is 0 Å². The zero-order valence-corrected chi connectivity index (χ0v) is 15.9. The minimum Gasteiger partial charge on any atom is -0.480 e. The molecule has 8 nitrogen and oxygen atoms in total. The largest absolute Gasteiger partial charge is 0.480 e. The lowest BCUT2D eigenvalue weighted by Crippen LogP contribution is -2.50. The second-order valence-corrected chi connectivity index (χ2v) is 8.19. The molecule has 144 valence electrons. The van der Waals surface area contributed by atoms with Gasteiger partial charge in [0.05, 0.1) is 6.54 Å². The van der Waals surface area contributed by atoms with Crippen molar-refractivity contribution in [2.24, 2.45) is 0 Å². The molecule has 1 fully saturated rings. The van der Waals surface area contributed by atoms with E-state index in [0.29, 0.717) is 19.4 Å². The fourth-order valence-corrected chi connectivity index (χ4v) is 2.64. The van der Waals surface area contributed by atoms with Crippen molar-refractivity contribution in [2.75, 3.05) is 13.1 Å². The number of nitrogens with one attached hydrogen (secondary N) is 1. The van der Waals surface area contributed by atoms with Crippen LogP contribution in [0.5, 0.6) is 0 Å². The van der Waals surface area contributed by atoms with Gasteiger partial charge in [-0.1, -0.05) is 0 Å². The molecule has 0 aromatic rings. The van der Waals surface area contributed by atoms with Gasteiger partial charge in [-0.25, -0.2) is 9.59 Å². The summed E-state index contributed by atoms with van der Waals surface area (Å²) in [6, 6.07) is -1.26. The van der Waals surface area contributed by atoms with E-state index in [2.05, 4.69) is 5.32 Å². The number of aliphatic carboxylic acids is 1. The van der Waals surface area contributed by atoms with Crippen LogP contribution in [0, 0.1) is 0 Å². The summed E-state index contributed by atoms with van der Waals surface area (Å²) >= 11 is 0. The molecular formula is C17H30N2O6. The minimum atomic E-state index is -1.06. The van der Waals surface area contributed by atoms with Gasteiger partial charge in [0.2, 0.25) is 0 Å². The lowest BCUT2D eigenvalue weighted by atomic mass is 10.2. The Morgan fingerprint density at radius 2 is 1.60 bits per heavy atom. The zero-order valence-electron chi connectivity index (χ0n) is 15.9. The van der Waals surface area contributed by atoms with Gasteiger partial charge < -0.3 is 19.9 Å². The molecule has 1 heterocycles. The Hall–Kier alpha value is -1.83. The first-order valence-corrected chi connectivity index (χ1v) is 8.47. The van der Waals surface area contributed by atoms with Crippen LogP contribution in [0.4, 0.5) is 4.79 Å². The maximum atomic E-state index is 12.4. The first kappa shape index (κ1) is 21.2. The lowest BCUT2D eigenvalue weighted by molar-refractivity contribution is -0.153. The lowest BCUT2D eigenvalue weighted by Gasteiger charge is -2.31. The molecule has 0 spiro atoms. The summed E-state index contributed by atoms with van der Waals surface area (Å²) < 4.78 is 10.5. The maximum Gasteiger partial charge on any atom is 0.411 e. The van der Waals surface area contributed by atoms with Gasteiger partial charge in [-0.3, -0.25) is 9.69 Å². The highest BCUT2D eigenvalue weighted by atomic mass is 16.6. The van der Waals surface area contributed by atoms with E-state index in [1.54, 1.807) is 41.5 Å². The molecule has 25 heavy (non-hydrogen) atoms. The number of hydrogen-bond donors (Lipinski definition) is 2. The number of carboxylic acid groups (broad SMARTS) is 1. The van der Waals surface area contributed by atoms with Gasteiger partial charge in [-0.15, -0.1) is 0 Å². The van der Waals surface area contributed by atoms with Crippen molar-refractivity contribution in [3.05, 3.63) is 0 Å². The van der Waals surface area contributed by atoms with E-state index in [9.17, 15) is 19.5 Å². The van der Waals surface area contributed by atoms with Gasteiger partial charge in [-0.05, 0) is 54.4 Å². The number of hydrogen-bond acceptors (Lipinski definition) is 6. The molecule has 2 N–H and O–H groups in total. The van der Waals surface area contributed by atoms with E-state index in [1.165, 1.54) is 4.90 Å². The average Bonchev–Trinajstić information content (AvgIpc) is 2.78. The number of ether oxygens (including phenoxy) is 2. The number of likely N-dealkylation sites (tertiary alicyclic amines) is 1. The molecule has 1 saturated heterocycles. The van der Waals surface area contributed by atoms with Gasteiger partial charge >= 0.3 is 18.0 Å². The van der Waals surface area contributed by atoms with Crippen molar-refractivity contribution >= 4 is 18.0 Å². The number of rotatable bonds is 5. The van der Waals surface area contributed by atoms with Crippen LogP contribution in [0.1, 0.15) is 54.4 Å². The molecule has 0 radical (unpaired) electrons. The van der Waals surface area contributed by atoms with E-state index in [0.717, 1.165) is 0 Å². The molecule has 8 heteroatoms. The topological polar surface area (TPSA) is 105 Å². The highest BCUT2D eigenvalue weighted by molar-refractivity contribution is 5.81. The first-order valence-electron chi connectivity index (χ1n) is 8.47. The second-order valence-electron chi connectivity index (χ2n) is 8.19. The summed E-state index contributed by atoms with van der Waals surface area (Å²) in [5, 5.41) is 12.3. The van der Waals surface area contributed by atoms with Crippen LogP contribution in [-0.4, -0.2) is 64.4 Å². The Morgan fingerprint density at radius 3 is 2.08 bits per heavy atom. The summed E-state index contributed by atoms with van der Waals surface area (Å²) in [7, 11) is 0. The van der Waals surface area contributed by atoms with Gasteiger partial charge in [0.15, 0.2) is 0 Å². The maximum absolute atomic E-state index is 12.4. The quantitative estimate of drug-likeness (QED) is 0.722. The van der Waals surface area contributed by atoms with Crippen LogP contribution in [-0.2, 0) is 19.1 Å². The van der Waals surface area contributed by atoms with Gasteiger partial charge in [0.25, 0.3) is 0 Å². The molecule has 2 unspecified atom stereocenters. The molecule has 1 amide bonds. The summed E-state index contributed by atoms with van der Waals surface area (Å²) in [6.45, 7) is 10.8. The van der Waals surface area contributed by atoms with Crippen LogP contribution < -0.4 is 5.32 Å². The van der Waals surface area contributed by atoms with Gasteiger partial charge in [0.1, 0.15) is 17.2 Å². The minimum absolute atomic E-state index is 0.00628. The number of carboxylic acids is 1. The Labute approximate surface area is 148 Å². The summed E-state index contributed by atoms with van der Waals surface area (Å²) in [4.78, 5) is 36.8. The van der Waals surface area contributed by atoms with Crippen molar-refractivity contribution in [3.8, 4) is 0 Å². The van der Waals surface area contributed by atoms with Crippen LogP contribution in [0.3, 0.4) is 0 Å². The number of esters is 1. The van der Waals surface area contributed by atoms with Crippen LogP contribution in [0.25, 0.3) is 0 Å². The molecule has 0 saturated carbocycles. The Balaban J connectivity index is 2.66. The molecule has 0 bridgehead atoms. The zero-order chi connectivity index (χ0) is 19.4. The van der Waals surface area contributed by atoms with E-state index in [1.807, 2.05) is 0 Å². The SMILES string of the molecule is CC(C)(C)OC(=O)CNCC1CCC(C(=O)O)N1C(=O)OC(C)(C)C. The normalized spacial score (nSPS) is 21.1. The molecule has 0 aromatic heterocycles. The van der Waals surface area contributed by atoms with Crippen LogP contribution >= 0.6 is 0 Å². The predicted octanol–water partition coefficient (Wildman–Crippen LogP) is 1.77. The smallest absolute Gasteiger partial charge is 0.411 e. The van der Waals surface area contributed by atoms with Crippen molar-refractivity contribution in [3.63, 3.8) is 0 Å². The third-order valence-corrected chi connectivity index (χ3v) is 3.46. The molecule has 1 aliphatic rings. The number of carbonyl (C=O) groups excluding carboxylic acids is 2. The fraction of sp³-hybridized carbons (Fsp3) is 0.824. The summed E-state index contributed by atoms with van der Waals surface area (Å²) in [5.74, 6) is -1.45. The molecule has 0 aliphatic carbocycles. The molecule has 1 rings (SSSR count). The fourth-order valence-electron chi connectivity index (χ4n) is 2.64. The van der Waals surface area contributed by atoms with Crippen LogP contribution in [0.15, 0.2) is 0 Å². The van der Waals surface area contributed by atoms with Crippen molar-refractivity contribution in [2.45, 2.75) is 77.7 Å². The van der Waals surface area contributed by atoms with E-state index in [4.69, 9.17) is 9.47 Å². The highest BCUT2D eigenvalue weighted by Gasteiger charge is 2.42. The predicted molar refractivity (Wildman–Crippen MR) is 91.2 cm³/mol. The Morgan fingerprint density at radius 1 is 1.04 bits per heavy atom. The average molecular weight is 358 g/mol. The molecular weight excluding hydrogens is 328 g/mol. The third kappa shape index (κ3) is 7.29.